The van der Waals surface area contributed by atoms with E-state index in [4.69, 9.17) is 5.73 Å². The topological polar surface area (TPSA) is 58.4 Å². The van der Waals surface area contributed by atoms with Crippen LogP contribution in [0.5, 0.6) is 0 Å². The summed E-state index contributed by atoms with van der Waals surface area (Å²) in [5, 5.41) is 2.92. The van der Waals surface area contributed by atoms with E-state index in [-0.39, 0.29) is 18.5 Å². The molecule has 0 aromatic heterocycles. The molecule has 92 valence electrons. The molecule has 1 saturated heterocycles. The summed E-state index contributed by atoms with van der Waals surface area (Å²) in [6.07, 6.45) is 0.974. The molecule has 1 fully saturated rings. The van der Waals surface area contributed by atoms with E-state index in [0.29, 0.717) is 0 Å². The fourth-order valence-electron chi connectivity index (χ4n) is 2.05. The van der Waals surface area contributed by atoms with Crippen molar-refractivity contribution in [2.45, 2.75) is 12.5 Å². The van der Waals surface area contributed by atoms with Gasteiger partial charge in [-0.05, 0) is 30.7 Å². The molecule has 3 N–H and O–H groups in total. The Morgan fingerprint density at radius 2 is 2.18 bits per heavy atom. The second-order valence-electron chi connectivity index (χ2n) is 4.18. The SMILES string of the molecule is NCC(=O)NC1CCN(c2ccc(Br)cc2)C1. The largest absolute Gasteiger partial charge is 0.369 e. The third-order valence-electron chi connectivity index (χ3n) is 2.93. The highest BCUT2D eigenvalue weighted by Crippen LogP contribution is 2.22. The number of anilines is 1. The minimum Gasteiger partial charge on any atom is -0.369 e. The standard InChI is InChI=1S/C12H16BrN3O/c13-9-1-3-11(4-2-9)16-6-5-10(8-16)15-12(17)7-14/h1-4,10H,5-8,14H2,(H,15,17). The van der Waals surface area contributed by atoms with E-state index >= 15 is 0 Å². The molecule has 17 heavy (non-hydrogen) atoms. The van der Waals surface area contributed by atoms with Crippen LogP contribution in [0.25, 0.3) is 0 Å². The van der Waals surface area contributed by atoms with Crippen molar-refractivity contribution in [1.29, 1.82) is 0 Å². The lowest BCUT2D eigenvalue weighted by molar-refractivity contribution is -0.120. The summed E-state index contributed by atoms with van der Waals surface area (Å²) < 4.78 is 1.08. The van der Waals surface area contributed by atoms with Crippen LogP contribution in [0, 0.1) is 0 Å². The number of rotatable bonds is 3. The lowest BCUT2D eigenvalue weighted by Gasteiger charge is -2.19. The molecule has 0 bridgehead atoms. The number of carbonyl (C=O) groups is 1. The molecule has 1 unspecified atom stereocenters. The Morgan fingerprint density at radius 3 is 2.82 bits per heavy atom. The maximum atomic E-state index is 11.2. The van der Waals surface area contributed by atoms with Crippen LogP contribution in [-0.2, 0) is 4.79 Å². The number of benzene rings is 1. The Kier molecular flexibility index (Phi) is 4.02. The zero-order valence-corrected chi connectivity index (χ0v) is 11.1. The smallest absolute Gasteiger partial charge is 0.234 e. The van der Waals surface area contributed by atoms with Crippen molar-refractivity contribution in [1.82, 2.24) is 5.32 Å². The molecule has 0 aliphatic carbocycles. The van der Waals surface area contributed by atoms with Crippen molar-refractivity contribution in [3.63, 3.8) is 0 Å². The minimum absolute atomic E-state index is 0.0643. The molecule has 1 aliphatic rings. The van der Waals surface area contributed by atoms with Crippen molar-refractivity contribution >= 4 is 27.5 Å². The van der Waals surface area contributed by atoms with E-state index in [1.54, 1.807) is 0 Å². The van der Waals surface area contributed by atoms with Gasteiger partial charge in [-0.3, -0.25) is 4.79 Å². The van der Waals surface area contributed by atoms with Crippen LogP contribution in [0.4, 0.5) is 5.69 Å². The number of nitrogens with one attached hydrogen (secondary N) is 1. The third kappa shape index (κ3) is 3.20. The average Bonchev–Trinajstić information content (AvgIpc) is 2.78. The molecule has 1 aromatic rings. The second-order valence-corrected chi connectivity index (χ2v) is 5.10. The van der Waals surface area contributed by atoms with Crippen LogP contribution in [-0.4, -0.2) is 31.6 Å². The molecule has 2 rings (SSSR count). The normalized spacial score (nSPS) is 19.4. The van der Waals surface area contributed by atoms with E-state index in [1.165, 1.54) is 5.69 Å². The Morgan fingerprint density at radius 1 is 1.47 bits per heavy atom. The molecule has 1 amide bonds. The number of amides is 1. The third-order valence-corrected chi connectivity index (χ3v) is 3.46. The Balaban J connectivity index is 1.93. The molecular formula is C12H16BrN3O. The number of halogens is 1. The van der Waals surface area contributed by atoms with Crippen LogP contribution in [0.3, 0.4) is 0 Å². The van der Waals surface area contributed by atoms with Crippen molar-refractivity contribution in [3.8, 4) is 0 Å². The summed E-state index contributed by atoms with van der Waals surface area (Å²) in [7, 11) is 0. The zero-order valence-electron chi connectivity index (χ0n) is 9.53. The van der Waals surface area contributed by atoms with E-state index in [0.717, 1.165) is 24.0 Å². The highest BCUT2D eigenvalue weighted by molar-refractivity contribution is 9.10. The van der Waals surface area contributed by atoms with Crippen LogP contribution in [0.15, 0.2) is 28.7 Å². The highest BCUT2D eigenvalue weighted by atomic mass is 79.9. The molecule has 0 radical (unpaired) electrons. The molecule has 0 saturated carbocycles. The Hall–Kier alpha value is -1.07. The summed E-state index contributed by atoms with van der Waals surface area (Å²) in [5.41, 5.74) is 6.47. The second kappa shape index (κ2) is 5.51. The van der Waals surface area contributed by atoms with Crippen molar-refractivity contribution in [2.75, 3.05) is 24.5 Å². The summed E-state index contributed by atoms with van der Waals surface area (Å²) in [6.45, 7) is 1.89. The monoisotopic (exact) mass is 297 g/mol. The minimum atomic E-state index is -0.0762. The number of hydrogen-bond acceptors (Lipinski definition) is 3. The summed E-state index contributed by atoms with van der Waals surface area (Å²) in [4.78, 5) is 13.5. The predicted molar refractivity (Wildman–Crippen MR) is 72.0 cm³/mol. The fraction of sp³-hybridized carbons (Fsp3) is 0.417. The lowest BCUT2D eigenvalue weighted by atomic mass is 10.2. The number of hydrogen-bond donors (Lipinski definition) is 2. The van der Waals surface area contributed by atoms with Gasteiger partial charge in [-0.1, -0.05) is 15.9 Å². The van der Waals surface area contributed by atoms with Crippen molar-refractivity contribution < 1.29 is 4.79 Å². The van der Waals surface area contributed by atoms with Gasteiger partial charge in [0.05, 0.1) is 6.54 Å². The van der Waals surface area contributed by atoms with Gasteiger partial charge in [-0.25, -0.2) is 0 Å². The molecule has 1 aromatic carbocycles. The quantitative estimate of drug-likeness (QED) is 0.878. The van der Waals surface area contributed by atoms with Gasteiger partial charge in [0.25, 0.3) is 0 Å². The molecular weight excluding hydrogens is 282 g/mol. The Bertz CT molecular complexity index is 393. The highest BCUT2D eigenvalue weighted by Gasteiger charge is 2.23. The molecule has 1 heterocycles. The van der Waals surface area contributed by atoms with E-state index < -0.39 is 0 Å². The van der Waals surface area contributed by atoms with E-state index in [2.05, 4.69) is 38.3 Å². The van der Waals surface area contributed by atoms with Crippen LogP contribution in [0.1, 0.15) is 6.42 Å². The van der Waals surface area contributed by atoms with E-state index in [1.807, 2.05) is 12.1 Å². The first-order valence-corrected chi connectivity index (χ1v) is 6.48. The Labute approximate surface area is 109 Å². The van der Waals surface area contributed by atoms with Crippen LogP contribution in [0.2, 0.25) is 0 Å². The van der Waals surface area contributed by atoms with Crippen molar-refractivity contribution in [2.24, 2.45) is 5.73 Å². The molecule has 1 aliphatic heterocycles. The van der Waals surface area contributed by atoms with E-state index in [9.17, 15) is 4.79 Å². The first-order valence-electron chi connectivity index (χ1n) is 5.69. The first-order chi connectivity index (χ1) is 8.19. The van der Waals surface area contributed by atoms with Gasteiger partial charge in [0, 0.05) is 29.3 Å². The number of carbonyl (C=O) groups excluding carboxylic acids is 1. The van der Waals surface area contributed by atoms with Crippen LogP contribution < -0.4 is 16.0 Å². The number of nitrogens with zero attached hydrogens (tertiary/aromatic N) is 1. The first kappa shape index (κ1) is 12.4. The summed E-state index contributed by atoms with van der Waals surface area (Å²) in [5.74, 6) is -0.0762. The number of nitrogens with two attached hydrogens (primary N) is 1. The fourth-order valence-corrected chi connectivity index (χ4v) is 2.32. The molecule has 5 heteroatoms. The summed E-state index contributed by atoms with van der Waals surface area (Å²) >= 11 is 3.42. The van der Waals surface area contributed by atoms with Crippen molar-refractivity contribution in [3.05, 3.63) is 28.7 Å². The van der Waals surface area contributed by atoms with Crippen LogP contribution >= 0.6 is 15.9 Å². The van der Waals surface area contributed by atoms with Gasteiger partial charge >= 0.3 is 0 Å². The molecule has 1 atom stereocenters. The maximum absolute atomic E-state index is 11.2. The summed E-state index contributed by atoms with van der Waals surface area (Å²) in [6, 6.07) is 8.44. The maximum Gasteiger partial charge on any atom is 0.234 e. The van der Waals surface area contributed by atoms with Gasteiger partial charge in [0.2, 0.25) is 5.91 Å². The van der Waals surface area contributed by atoms with Gasteiger partial charge in [0.15, 0.2) is 0 Å². The lowest BCUT2D eigenvalue weighted by Crippen LogP contribution is -2.40. The van der Waals surface area contributed by atoms with Gasteiger partial charge in [-0.2, -0.15) is 0 Å². The zero-order chi connectivity index (χ0) is 12.3. The predicted octanol–water partition coefficient (Wildman–Crippen LogP) is 1.10. The molecule has 0 spiro atoms. The van der Waals surface area contributed by atoms with Gasteiger partial charge < -0.3 is 16.0 Å². The van der Waals surface area contributed by atoms with Gasteiger partial charge in [0.1, 0.15) is 0 Å². The average molecular weight is 298 g/mol. The molecule has 4 nitrogen and oxygen atoms in total. The van der Waals surface area contributed by atoms with Gasteiger partial charge in [-0.15, -0.1) is 0 Å².